The quantitative estimate of drug-likeness (QED) is 0.456. The summed E-state index contributed by atoms with van der Waals surface area (Å²) in [6, 6.07) is 0. The molecule has 0 saturated heterocycles. The van der Waals surface area contributed by atoms with E-state index in [2.05, 4.69) is 6.58 Å². The zero-order valence-corrected chi connectivity index (χ0v) is 8.66. The highest BCUT2D eigenvalue weighted by atomic mass is 16.5. The van der Waals surface area contributed by atoms with Crippen molar-refractivity contribution in [2.45, 2.75) is 31.7 Å². The van der Waals surface area contributed by atoms with Crippen molar-refractivity contribution in [2.24, 2.45) is 5.73 Å². The molecule has 0 spiro atoms. The van der Waals surface area contributed by atoms with Crippen LogP contribution in [0.25, 0.3) is 0 Å². The summed E-state index contributed by atoms with van der Waals surface area (Å²) in [7, 11) is 0. The minimum atomic E-state index is -1.11. The number of nitrogens with two attached hydrogens (primary N) is 1. The lowest BCUT2D eigenvalue weighted by molar-refractivity contribution is -0.142. The Morgan fingerprint density at radius 1 is 1.64 bits per heavy atom. The zero-order chi connectivity index (χ0) is 11.0. The molecule has 4 heteroatoms. The summed E-state index contributed by atoms with van der Waals surface area (Å²) in [6.45, 7) is 6.21. The highest BCUT2D eigenvalue weighted by molar-refractivity contribution is 5.77. The van der Waals surface area contributed by atoms with E-state index >= 15 is 0 Å². The maximum absolute atomic E-state index is 10.6. The molecule has 0 aliphatic carbocycles. The largest absolute Gasteiger partial charge is 0.480 e. The molecule has 82 valence electrons. The monoisotopic (exact) mass is 201 g/mol. The van der Waals surface area contributed by atoms with Gasteiger partial charge in [0.15, 0.2) is 0 Å². The Balaban J connectivity index is 3.44. The van der Waals surface area contributed by atoms with E-state index in [0.717, 1.165) is 12.8 Å². The number of unbranched alkanes of at least 4 members (excludes halogenated alkanes) is 1. The molecule has 0 radical (unpaired) electrons. The normalized spacial score (nSPS) is 14.7. The van der Waals surface area contributed by atoms with Gasteiger partial charge in [0.05, 0.1) is 6.61 Å². The number of carbonyl (C=O) groups is 1. The van der Waals surface area contributed by atoms with E-state index in [9.17, 15) is 4.79 Å². The van der Waals surface area contributed by atoms with Crippen LogP contribution in [-0.2, 0) is 9.53 Å². The molecule has 0 aliphatic heterocycles. The van der Waals surface area contributed by atoms with E-state index in [1.165, 1.54) is 6.92 Å². The number of ether oxygens (including phenoxy) is 1. The molecule has 14 heavy (non-hydrogen) atoms. The van der Waals surface area contributed by atoms with Gasteiger partial charge in [0.2, 0.25) is 0 Å². The van der Waals surface area contributed by atoms with Gasteiger partial charge in [0, 0.05) is 6.61 Å². The average Bonchev–Trinajstić information content (AvgIpc) is 2.10. The van der Waals surface area contributed by atoms with Crippen LogP contribution in [0.5, 0.6) is 0 Å². The molecule has 0 aromatic carbocycles. The van der Waals surface area contributed by atoms with Crippen LogP contribution in [0.2, 0.25) is 0 Å². The zero-order valence-electron chi connectivity index (χ0n) is 8.66. The van der Waals surface area contributed by atoms with Crippen molar-refractivity contribution in [3.8, 4) is 0 Å². The average molecular weight is 201 g/mol. The maximum atomic E-state index is 10.6. The fourth-order valence-electron chi connectivity index (χ4n) is 0.970. The number of hydrogen-bond acceptors (Lipinski definition) is 3. The van der Waals surface area contributed by atoms with Crippen molar-refractivity contribution in [1.29, 1.82) is 0 Å². The molecule has 3 N–H and O–H groups in total. The number of carboxylic acids is 1. The van der Waals surface area contributed by atoms with E-state index in [1.807, 2.05) is 0 Å². The molecule has 1 unspecified atom stereocenters. The Morgan fingerprint density at radius 3 is 2.79 bits per heavy atom. The Morgan fingerprint density at radius 2 is 2.29 bits per heavy atom. The van der Waals surface area contributed by atoms with E-state index in [-0.39, 0.29) is 0 Å². The number of hydrogen-bond donors (Lipinski definition) is 2. The SMILES string of the molecule is C=CCOCCCCC(C)(N)C(=O)O. The van der Waals surface area contributed by atoms with E-state index in [4.69, 9.17) is 15.6 Å². The molecule has 0 aliphatic rings. The van der Waals surface area contributed by atoms with Crippen molar-refractivity contribution in [3.05, 3.63) is 12.7 Å². The lowest BCUT2D eigenvalue weighted by Crippen LogP contribution is -2.44. The van der Waals surface area contributed by atoms with Crippen LogP contribution in [0, 0.1) is 0 Å². The van der Waals surface area contributed by atoms with E-state index < -0.39 is 11.5 Å². The molecule has 1 atom stereocenters. The third-order valence-electron chi connectivity index (χ3n) is 1.96. The van der Waals surface area contributed by atoms with Gasteiger partial charge in [-0.3, -0.25) is 4.79 Å². The predicted octanol–water partition coefficient (Wildman–Crippen LogP) is 1.16. The Hall–Kier alpha value is -0.870. The summed E-state index contributed by atoms with van der Waals surface area (Å²) < 4.78 is 5.15. The molecule has 0 heterocycles. The third-order valence-corrected chi connectivity index (χ3v) is 1.96. The molecule has 4 nitrogen and oxygen atoms in total. The molecule has 0 aromatic heterocycles. The lowest BCUT2D eigenvalue weighted by atomic mass is 9.97. The first-order chi connectivity index (χ1) is 6.50. The van der Waals surface area contributed by atoms with Crippen molar-refractivity contribution < 1.29 is 14.6 Å². The summed E-state index contributed by atoms with van der Waals surface area (Å²) in [5.74, 6) is -0.954. The van der Waals surface area contributed by atoms with Gasteiger partial charge in [0.25, 0.3) is 0 Å². The minimum Gasteiger partial charge on any atom is -0.480 e. The van der Waals surface area contributed by atoms with Gasteiger partial charge in [-0.25, -0.2) is 0 Å². The molecular formula is C10H19NO3. The summed E-state index contributed by atoms with van der Waals surface area (Å²) in [4.78, 5) is 10.6. The predicted molar refractivity (Wildman–Crippen MR) is 55.1 cm³/mol. The molecule has 0 rings (SSSR count). The Bertz CT molecular complexity index is 190. The standard InChI is InChI=1S/C10H19NO3/c1-3-7-14-8-5-4-6-10(2,11)9(12)13/h3H,1,4-8,11H2,2H3,(H,12,13). The first-order valence-corrected chi connectivity index (χ1v) is 4.71. The first-order valence-electron chi connectivity index (χ1n) is 4.71. The summed E-state index contributed by atoms with van der Waals surface area (Å²) in [5.41, 5.74) is 4.43. The third kappa shape index (κ3) is 5.72. The van der Waals surface area contributed by atoms with E-state index in [1.54, 1.807) is 6.08 Å². The Labute approximate surface area is 84.7 Å². The highest BCUT2D eigenvalue weighted by Crippen LogP contribution is 2.10. The molecule has 0 aromatic rings. The maximum Gasteiger partial charge on any atom is 0.323 e. The molecule has 0 bridgehead atoms. The second-order valence-corrected chi connectivity index (χ2v) is 3.54. The van der Waals surface area contributed by atoms with Gasteiger partial charge in [-0.05, 0) is 26.2 Å². The van der Waals surface area contributed by atoms with Crippen LogP contribution < -0.4 is 5.73 Å². The summed E-state index contributed by atoms with van der Waals surface area (Å²) in [5, 5.41) is 8.71. The number of carboxylic acid groups (broad SMARTS) is 1. The summed E-state index contributed by atoms with van der Waals surface area (Å²) in [6.07, 6.45) is 3.74. The second-order valence-electron chi connectivity index (χ2n) is 3.54. The van der Waals surface area contributed by atoms with Gasteiger partial charge >= 0.3 is 5.97 Å². The fourth-order valence-corrected chi connectivity index (χ4v) is 0.970. The van der Waals surface area contributed by atoms with Crippen LogP contribution in [0.15, 0.2) is 12.7 Å². The van der Waals surface area contributed by atoms with Gasteiger partial charge in [0.1, 0.15) is 5.54 Å². The van der Waals surface area contributed by atoms with Gasteiger partial charge in [-0.1, -0.05) is 6.08 Å². The van der Waals surface area contributed by atoms with Crippen molar-refractivity contribution in [1.82, 2.24) is 0 Å². The van der Waals surface area contributed by atoms with Crippen LogP contribution in [0.3, 0.4) is 0 Å². The van der Waals surface area contributed by atoms with Crippen LogP contribution in [-0.4, -0.2) is 29.8 Å². The van der Waals surface area contributed by atoms with Gasteiger partial charge in [-0.15, -0.1) is 6.58 Å². The van der Waals surface area contributed by atoms with Crippen LogP contribution in [0.1, 0.15) is 26.2 Å². The van der Waals surface area contributed by atoms with Crippen LogP contribution in [0.4, 0.5) is 0 Å². The topological polar surface area (TPSA) is 72.5 Å². The second kappa shape index (κ2) is 6.56. The number of aliphatic carboxylic acids is 1. The smallest absolute Gasteiger partial charge is 0.323 e. The Kier molecular flexibility index (Phi) is 6.16. The van der Waals surface area contributed by atoms with Crippen molar-refractivity contribution in [2.75, 3.05) is 13.2 Å². The number of rotatable bonds is 8. The molecule has 0 saturated carbocycles. The van der Waals surface area contributed by atoms with E-state index in [0.29, 0.717) is 19.6 Å². The fraction of sp³-hybridized carbons (Fsp3) is 0.700. The molecule has 0 fully saturated rings. The molecule has 0 amide bonds. The van der Waals surface area contributed by atoms with Crippen LogP contribution >= 0.6 is 0 Å². The highest BCUT2D eigenvalue weighted by Gasteiger charge is 2.26. The molecular weight excluding hydrogens is 182 g/mol. The van der Waals surface area contributed by atoms with Gasteiger partial charge < -0.3 is 15.6 Å². The van der Waals surface area contributed by atoms with Crippen molar-refractivity contribution in [3.63, 3.8) is 0 Å². The van der Waals surface area contributed by atoms with Gasteiger partial charge in [-0.2, -0.15) is 0 Å². The lowest BCUT2D eigenvalue weighted by Gasteiger charge is -2.18. The minimum absolute atomic E-state index is 0.472. The first kappa shape index (κ1) is 13.1. The van der Waals surface area contributed by atoms with Crippen molar-refractivity contribution >= 4 is 5.97 Å². The summed E-state index contributed by atoms with van der Waals surface area (Å²) >= 11 is 0.